The minimum absolute atomic E-state index is 0.0461. The maximum Gasteiger partial charge on any atom is 0.410 e. The Kier molecular flexibility index (Phi) is 15.9. The van der Waals surface area contributed by atoms with Crippen molar-refractivity contribution < 1.29 is 42.9 Å². The number of carbonyl (C=O) groups excluding carboxylic acids is 4. The van der Waals surface area contributed by atoms with Gasteiger partial charge in [0.15, 0.2) is 0 Å². The van der Waals surface area contributed by atoms with E-state index < -0.39 is 34.2 Å². The number of amides is 2. The zero-order valence-corrected chi connectivity index (χ0v) is 37.8. The number of carbonyl (C=O) groups is 4. The van der Waals surface area contributed by atoms with Crippen LogP contribution < -0.4 is 10.1 Å². The third-order valence-electron chi connectivity index (χ3n) is 9.99. The lowest BCUT2D eigenvalue weighted by atomic mass is 9.85. The molecular formula is C47H71N3O9. The SMILES string of the molecule is CC(C)(C)OC(=O)[C@@H](Cc1cccc(CNCCOc2cccc(C[C@H](C(=O)OC(C)(C)C)[C@H]3CCN(C(=O)OC(C)(C)C)C3)c2)c1)[C@H]1CCN(C(=O)OC(C)(C)C)C1. The Hall–Kier alpha value is -4.32. The zero-order valence-electron chi connectivity index (χ0n) is 37.8. The normalized spacial score (nSPS) is 18.6. The van der Waals surface area contributed by atoms with E-state index in [1.54, 1.807) is 9.80 Å². The van der Waals surface area contributed by atoms with Crippen LogP contribution in [0.5, 0.6) is 5.75 Å². The van der Waals surface area contributed by atoms with E-state index in [0.29, 0.717) is 77.3 Å². The third-order valence-corrected chi connectivity index (χ3v) is 9.99. The van der Waals surface area contributed by atoms with Gasteiger partial charge in [-0.25, -0.2) is 9.59 Å². The average Bonchev–Trinajstić information content (AvgIpc) is 3.78. The van der Waals surface area contributed by atoms with Crippen molar-refractivity contribution in [1.82, 2.24) is 15.1 Å². The second-order valence-corrected chi connectivity index (χ2v) is 20.1. The van der Waals surface area contributed by atoms with E-state index in [4.69, 9.17) is 23.7 Å². The molecule has 2 fully saturated rings. The molecule has 2 aromatic rings. The maximum absolute atomic E-state index is 13.6. The van der Waals surface area contributed by atoms with Crippen molar-refractivity contribution in [2.75, 3.05) is 39.3 Å². The quantitative estimate of drug-likeness (QED) is 0.113. The second-order valence-electron chi connectivity index (χ2n) is 20.1. The first-order chi connectivity index (χ1) is 27.3. The van der Waals surface area contributed by atoms with E-state index in [-0.39, 0.29) is 36.0 Å². The molecule has 12 nitrogen and oxygen atoms in total. The van der Waals surface area contributed by atoms with Crippen LogP contribution in [0, 0.1) is 23.7 Å². The summed E-state index contributed by atoms with van der Waals surface area (Å²) in [5.74, 6) is -0.752. The molecule has 4 atom stereocenters. The fourth-order valence-corrected chi connectivity index (χ4v) is 7.47. The smallest absolute Gasteiger partial charge is 0.410 e. The van der Waals surface area contributed by atoms with E-state index in [0.717, 1.165) is 16.7 Å². The minimum Gasteiger partial charge on any atom is -0.492 e. The van der Waals surface area contributed by atoms with Gasteiger partial charge < -0.3 is 38.8 Å². The first-order valence-electron chi connectivity index (χ1n) is 21.3. The molecule has 2 aliphatic rings. The summed E-state index contributed by atoms with van der Waals surface area (Å²) < 4.78 is 29.1. The summed E-state index contributed by atoms with van der Waals surface area (Å²) in [5, 5.41) is 3.47. The van der Waals surface area contributed by atoms with Crippen LogP contribution >= 0.6 is 0 Å². The maximum atomic E-state index is 13.6. The van der Waals surface area contributed by atoms with E-state index in [2.05, 4.69) is 17.4 Å². The molecule has 0 aliphatic carbocycles. The van der Waals surface area contributed by atoms with Crippen molar-refractivity contribution in [3.63, 3.8) is 0 Å². The van der Waals surface area contributed by atoms with Crippen molar-refractivity contribution in [2.24, 2.45) is 23.7 Å². The molecule has 2 saturated heterocycles. The summed E-state index contributed by atoms with van der Waals surface area (Å²) in [6.45, 7) is 25.9. The molecule has 4 rings (SSSR count). The second kappa shape index (κ2) is 19.8. The lowest BCUT2D eigenvalue weighted by Gasteiger charge is -2.28. The summed E-state index contributed by atoms with van der Waals surface area (Å²) in [6, 6.07) is 16.0. The standard InChI is InChI=1S/C47H71N3O9/c1-44(2,3)56-40(51)38(35-19-22-49(30-35)42(53)58-46(7,8)9)27-32-15-13-17-34(25-32)29-48-21-24-55-37-18-14-16-33(26-37)28-39(41(52)57-45(4,5)6)36-20-23-50(31-36)43(54)59-47(10,11)12/h13-18,25-26,35-36,38-39,48H,19-24,27-31H2,1-12H3/t35-,36-,38-,39-/m0/s1. The molecular weight excluding hydrogens is 751 g/mol. The van der Waals surface area contributed by atoms with E-state index in [1.165, 1.54) is 0 Å². The zero-order chi connectivity index (χ0) is 43.8. The molecule has 1 N–H and O–H groups in total. The predicted molar refractivity (Wildman–Crippen MR) is 228 cm³/mol. The minimum atomic E-state index is -0.636. The highest BCUT2D eigenvalue weighted by molar-refractivity contribution is 5.75. The number of esters is 2. The average molecular weight is 822 g/mol. The summed E-state index contributed by atoms with van der Waals surface area (Å²) in [5.41, 5.74) is 0.622. The number of likely N-dealkylation sites (tertiary alicyclic amines) is 2. The first kappa shape index (κ1) is 47.4. The van der Waals surface area contributed by atoms with Gasteiger partial charge in [0.2, 0.25) is 0 Å². The Labute approximate surface area is 353 Å². The monoisotopic (exact) mass is 822 g/mol. The molecule has 2 aromatic carbocycles. The highest BCUT2D eigenvalue weighted by atomic mass is 16.6. The Morgan fingerprint density at radius 2 is 1.03 bits per heavy atom. The van der Waals surface area contributed by atoms with Gasteiger partial charge >= 0.3 is 24.1 Å². The molecule has 2 heterocycles. The van der Waals surface area contributed by atoms with Crippen LogP contribution in [0.15, 0.2) is 48.5 Å². The molecule has 0 spiro atoms. The Balaban J connectivity index is 1.32. The predicted octanol–water partition coefficient (Wildman–Crippen LogP) is 8.37. The first-order valence-corrected chi connectivity index (χ1v) is 21.3. The lowest BCUT2D eigenvalue weighted by Crippen LogP contribution is -2.38. The van der Waals surface area contributed by atoms with Crippen LogP contribution in [0.2, 0.25) is 0 Å². The van der Waals surface area contributed by atoms with Gasteiger partial charge in [-0.15, -0.1) is 0 Å². The fourth-order valence-electron chi connectivity index (χ4n) is 7.47. The number of hydrogen-bond donors (Lipinski definition) is 1. The van der Waals surface area contributed by atoms with Crippen LogP contribution in [0.25, 0.3) is 0 Å². The molecule has 0 radical (unpaired) electrons. The van der Waals surface area contributed by atoms with Crippen LogP contribution in [0.1, 0.15) is 113 Å². The molecule has 0 saturated carbocycles. The molecule has 0 bridgehead atoms. The van der Waals surface area contributed by atoms with Crippen LogP contribution in [0.3, 0.4) is 0 Å². The summed E-state index contributed by atoms with van der Waals surface area (Å²) in [4.78, 5) is 56.1. The van der Waals surface area contributed by atoms with Gasteiger partial charge in [-0.2, -0.15) is 0 Å². The molecule has 12 heteroatoms. The van der Waals surface area contributed by atoms with Crippen LogP contribution in [0.4, 0.5) is 9.59 Å². The Bertz CT molecular complexity index is 1610. The van der Waals surface area contributed by atoms with Crippen LogP contribution in [-0.2, 0) is 47.9 Å². The van der Waals surface area contributed by atoms with E-state index >= 15 is 0 Å². The van der Waals surface area contributed by atoms with Crippen molar-refractivity contribution >= 4 is 24.1 Å². The van der Waals surface area contributed by atoms with Gasteiger partial charge in [0.1, 0.15) is 34.8 Å². The number of nitrogens with zero attached hydrogens (tertiary/aromatic N) is 2. The highest BCUT2D eigenvalue weighted by Gasteiger charge is 2.40. The highest BCUT2D eigenvalue weighted by Crippen LogP contribution is 2.33. The number of nitrogens with one attached hydrogen (secondary N) is 1. The van der Waals surface area contributed by atoms with E-state index in [1.807, 2.05) is 119 Å². The molecule has 2 amide bonds. The number of rotatable bonds is 14. The number of ether oxygens (including phenoxy) is 5. The topological polar surface area (TPSA) is 133 Å². The molecule has 2 aliphatic heterocycles. The summed E-state index contributed by atoms with van der Waals surface area (Å²) in [6.07, 6.45) is 1.64. The largest absolute Gasteiger partial charge is 0.492 e. The van der Waals surface area contributed by atoms with Crippen molar-refractivity contribution in [1.29, 1.82) is 0 Å². The number of benzene rings is 2. The van der Waals surface area contributed by atoms with Crippen molar-refractivity contribution in [3.8, 4) is 5.75 Å². The van der Waals surface area contributed by atoms with Gasteiger partial charge in [0.25, 0.3) is 0 Å². The number of hydrogen-bond acceptors (Lipinski definition) is 10. The van der Waals surface area contributed by atoms with Gasteiger partial charge in [0.05, 0.1) is 11.8 Å². The van der Waals surface area contributed by atoms with E-state index in [9.17, 15) is 19.2 Å². The summed E-state index contributed by atoms with van der Waals surface area (Å²) in [7, 11) is 0. The molecule has 59 heavy (non-hydrogen) atoms. The van der Waals surface area contributed by atoms with Gasteiger partial charge in [-0.05, 0) is 149 Å². The van der Waals surface area contributed by atoms with Gasteiger partial charge in [-0.3, -0.25) is 9.59 Å². The third kappa shape index (κ3) is 16.3. The van der Waals surface area contributed by atoms with Crippen LogP contribution in [-0.4, -0.2) is 95.7 Å². The lowest BCUT2D eigenvalue weighted by molar-refractivity contribution is -0.163. The Morgan fingerprint density at radius 3 is 1.49 bits per heavy atom. The molecule has 0 aromatic heterocycles. The van der Waals surface area contributed by atoms with Crippen molar-refractivity contribution in [3.05, 3.63) is 65.2 Å². The Morgan fingerprint density at radius 1 is 0.610 bits per heavy atom. The molecule has 0 unspecified atom stereocenters. The van der Waals surface area contributed by atoms with Gasteiger partial charge in [0, 0.05) is 39.3 Å². The van der Waals surface area contributed by atoms with Crippen molar-refractivity contribution in [2.45, 2.75) is 138 Å². The molecule has 328 valence electrons. The summed E-state index contributed by atoms with van der Waals surface area (Å²) >= 11 is 0. The van der Waals surface area contributed by atoms with Gasteiger partial charge in [-0.1, -0.05) is 36.4 Å². The fraction of sp³-hybridized carbons (Fsp3) is 0.660.